The van der Waals surface area contributed by atoms with Crippen molar-refractivity contribution in [1.29, 1.82) is 0 Å². The Balaban J connectivity index is 2.09. The molecule has 0 saturated carbocycles. The molecule has 1 aromatic rings. The van der Waals surface area contributed by atoms with Crippen molar-refractivity contribution in [2.24, 2.45) is 0 Å². The van der Waals surface area contributed by atoms with Gasteiger partial charge >= 0.3 is 0 Å². The summed E-state index contributed by atoms with van der Waals surface area (Å²) in [6.45, 7) is 4.20. The van der Waals surface area contributed by atoms with Gasteiger partial charge in [0.15, 0.2) is 0 Å². The lowest BCUT2D eigenvalue weighted by Crippen LogP contribution is -2.46. The Kier molecular flexibility index (Phi) is 3.94. The zero-order valence-corrected chi connectivity index (χ0v) is 13.3. The third-order valence-corrected chi connectivity index (χ3v) is 6.47. The molecule has 3 rings (SSSR count). The number of rotatable bonds is 1. The first-order chi connectivity index (χ1) is 10.0. The zero-order chi connectivity index (χ0) is 15.0. The monoisotopic (exact) mass is 310 g/mol. The lowest BCUT2D eigenvalue weighted by atomic mass is 10.1. The maximum absolute atomic E-state index is 12.9. The molecule has 0 spiro atoms. The van der Waals surface area contributed by atoms with E-state index in [4.69, 9.17) is 4.74 Å². The molecule has 5 nitrogen and oxygen atoms in total. The summed E-state index contributed by atoms with van der Waals surface area (Å²) >= 11 is 0. The van der Waals surface area contributed by atoms with E-state index in [2.05, 4.69) is 11.9 Å². The number of benzene rings is 1. The molecule has 0 radical (unpaired) electrons. The minimum Gasteiger partial charge on any atom is -0.487 e. The molecule has 1 saturated heterocycles. The van der Waals surface area contributed by atoms with Crippen LogP contribution in [0.1, 0.15) is 19.8 Å². The summed E-state index contributed by atoms with van der Waals surface area (Å²) in [5.74, 6) is 0.494. The van der Waals surface area contributed by atoms with Crippen LogP contribution >= 0.6 is 0 Å². The summed E-state index contributed by atoms with van der Waals surface area (Å²) in [5, 5.41) is 0. The van der Waals surface area contributed by atoms with Crippen LogP contribution in [0.2, 0.25) is 0 Å². The topological polar surface area (TPSA) is 49.9 Å². The highest BCUT2D eigenvalue weighted by Gasteiger charge is 2.42. The average Bonchev–Trinajstić information content (AvgIpc) is 2.68. The summed E-state index contributed by atoms with van der Waals surface area (Å²) in [7, 11) is -1.41. The molecule has 2 atom stereocenters. The molecule has 6 heteroatoms. The van der Waals surface area contributed by atoms with Crippen molar-refractivity contribution in [3.05, 3.63) is 24.3 Å². The highest BCUT2D eigenvalue weighted by atomic mass is 32.2. The van der Waals surface area contributed by atoms with E-state index >= 15 is 0 Å². The van der Waals surface area contributed by atoms with Crippen molar-refractivity contribution in [2.75, 3.05) is 26.7 Å². The van der Waals surface area contributed by atoms with Gasteiger partial charge in [-0.2, -0.15) is 4.31 Å². The fourth-order valence-electron chi connectivity index (χ4n) is 3.29. The fourth-order valence-corrected chi connectivity index (χ4v) is 5.10. The van der Waals surface area contributed by atoms with Crippen LogP contribution in [0.3, 0.4) is 0 Å². The summed E-state index contributed by atoms with van der Waals surface area (Å²) in [5.41, 5.74) is 0. The molecule has 21 heavy (non-hydrogen) atoms. The summed E-state index contributed by atoms with van der Waals surface area (Å²) < 4.78 is 33.6. The number of ether oxygens (including phenoxy) is 1. The predicted octanol–water partition coefficient (Wildman–Crippen LogP) is 1.55. The van der Waals surface area contributed by atoms with Gasteiger partial charge in [-0.15, -0.1) is 0 Å². The number of likely N-dealkylation sites (tertiary alicyclic amines) is 1. The zero-order valence-electron chi connectivity index (χ0n) is 12.5. The second-order valence-electron chi connectivity index (χ2n) is 5.76. The van der Waals surface area contributed by atoms with Crippen LogP contribution in [0, 0.1) is 0 Å². The molecule has 1 fully saturated rings. The SMILES string of the molecule is CCN1[C@H]2CCN(C)CC[C@@H]2Oc2ccccc2S1(=O)=O. The van der Waals surface area contributed by atoms with E-state index in [0.717, 1.165) is 25.9 Å². The Labute approximate surface area is 126 Å². The number of fused-ring (bicyclic) bond motifs is 2. The minimum absolute atomic E-state index is 0.0756. The first kappa shape index (κ1) is 14.8. The third-order valence-electron chi connectivity index (χ3n) is 4.43. The summed E-state index contributed by atoms with van der Waals surface area (Å²) in [6.07, 6.45) is 1.58. The van der Waals surface area contributed by atoms with Crippen molar-refractivity contribution < 1.29 is 13.2 Å². The van der Waals surface area contributed by atoms with Gasteiger partial charge in [0.05, 0.1) is 6.04 Å². The predicted molar refractivity (Wildman–Crippen MR) is 80.9 cm³/mol. The number of hydrogen-bond donors (Lipinski definition) is 0. The minimum atomic E-state index is -3.48. The van der Waals surface area contributed by atoms with Crippen LogP contribution in [0.5, 0.6) is 5.75 Å². The number of sulfonamides is 1. The largest absolute Gasteiger partial charge is 0.487 e. The van der Waals surface area contributed by atoms with Crippen molar-refractivity contribution in [3.8, 4) is 5.75 Å². The Morgan fingerprint density at radius 3 is 2.71 bits per heavy atom. The van der Waals surface area contributed by atoms with E-state index in [1.165, 1.54) is 0 Å². The molecule has 0 N–H and O–H groups in total. The van der Waals surface area contributed by atoms with Crippen LogP contribution < -0.4 is 4.74 Å². The van der Waals surface area contributed by atoms with Crippen LogP contribution in [0.25, 0.3) is 0 Å². The first-order valence-corrected chi connectivity index (χ1v) is 8.94. The van der Waals surface area contributed by atoms with E-state index in [1.807, 2.05) is 13.0 Å². The Bertz CT molecular complexity index is 617. The van der Waals surface area contributed by atoms with Gasteiger partial charge in [0.1, 0.15) is 16.7 Å². The molecule has 2 heterocycles. The van der Waals surface area contributed by atoms with Crippen LogP contribution in [-0.4, -0.2) is 56.5 Å². The first-order valence-electron chi connectivity index (χ1n) is 7.50. The van der Waals surface area contributed by atoms with Crippen molar-refractivity contribution in [2.45, 2.75) is 36.8 Å². The second kappa shape index (κ2) is 5.59. The van der Waals surface area contributed by atoms with Gasteiger partial charge in [-0.25, -0.2) is 8.42 Å². The molecule has 0 aliphatic carbocycles. The van der Waals surface area contributed by atoms with E-state index in [0.29, 0.717) is 17.2 Å². The van der Waals surface area contributed by atoms with Gasteiger partial charge in [-0.3, -0.25) is 0 Å². The van der Waals surface area contributed by atoms with E-state index in [-0.39, 0.29) is 12.1 Å². The van der Waals surface area contributed by atoms with Gasteiger partial charge < -0.3 is 9.64 Å². The van der Waals surface area contributed by atoms with Gasteiger partial charge in [0.2, 0.25) is 10.0 Å². The van der Waals surface area contributed by atoms with Gasteiger partial charge in [-0.05, 0) is 38.6 Å². The lowest BCUT2D eigenvalue weighted by Gasteiger charge is -2.30. The van der Waals surface area contributed by atoms with E-state index in [1.54, 1.807) is 22.5 Å². The number of likely N-dealkylation sites (N-methyl/N-ethyl adjacent to an activating group) is 1. The van der Waals surface area contributed by atoms with Gasteiger partial charge in [0.25, 0.3) is 0 Å². The molecule has 0 unspecified atom stereocenters. The molecule has 0 bridgehead atoms. The Morgan fingerprint density at radius 1 is 1.24 bits per heavy atom. The number of nitrogens with zero attached hydrogens (tertiary/aromatic N) is 2. The van der Waals surface area contributed by atoms with Gasteiger partial charge in [-0.1, -0.05) is 19.1 Å². The number of hydrogen-bond acceptors (Lipinski definition) is 4. The molecule has 2 aliphatic heterocycles. The smallest absolute Gasteiger partial charge is 0.247 e. The normalized spacial score (nSPS) is 29.6. The molecule has 0 aromatic heterocycles. The highest BCUT2D eigenvalue weighted by Crippen LogP contribution is 2.35. The van der Waals surface area contributed by atoms with Crippen molar-refractivity contribution in [1.82, 2.24) is 9.21 Å². The molecule has 1 aromatic carbocycles. The van der Waals surface area contributed by atoms with E-state index in [9.17, 15) is 8.42 Å². The van der Waals surface area contributed by atoms with Crippen LogP contribution in [0.4, 0.5) is 0 Å². The maximum atomic E-state index is 12.9. The van der Waals surface area contributed by atoms with Crippen LogP contribution in [0.15, 0.2) is 29.2 Å². The summed E-state index contributed by atoms with van der Waals surface area (Å²) in [6, 6.07) is 6.90. The summed E-state index contributed by atoms with van der Waals surface area (Å²) in [4.78, 5) is 2.54. The standard InChI is InChI=1S/C15H22N2O3S/c1-3-17-12-8-10-16(2)11-9-13(12)20-14-6-4-5-7-15(14)21(17,18)19/h4-7,12-13H,3,8-11H2,1-2H3/t12-,13-/m0/s1. The molecular weight excluding hydrogens is 288 g/mol. The second-order valence-corrected chi connectivity index (χ2v) is 7.62. The van der Waals surface area contributed by atoms with Crippen molar-refractivity contribution >= 4 is 10.0 Å². The van der Waals surface area contributed by atoms with Crippen molar-refractivity contribution in [3.63, 3.8) is 0 Å². The Morgan fingerprint density at radius 2 is 1.95 bits per heavy atom. The third kappa shape index (κ3) is 2.56. The fraction of sp³-hybridized carbons (Fsp3) is 0.600. The average molecular weight is 310 g/mol. The lowest BCUT2D eigenvalue weighted by molar-refractivity contribution is 0.115. The Hall–Kier alpha value is -1.11. The number of para-hydroxylation sites is 1. The molecular formula is C15H22N2O3S. The van der Waals surface area contributed by atoms with Gasteiger partial charge in [0, 0.05) is 13.1 Å². The molecule has 0 amide bonds. The molecule has 2 aliphatic rings. The maximum Gasteiger partial charge on any atom is 0.247 e. The van der Waals surface area contributed by atoms with E-state index < -0.39 is 10.0 Å². The quantitative estimate of drug-likeness (QED) is 0.790. The van der Waals surface area contributed by atoms with Crippen LogP contribution in [-0.2, 0) is 10.0 Å². The highest BCUT2D eigenvalue weighted by molar-refractivity contribution is 7.89. The molecule has 116 valence electrons.